The topological polar surface area (TPSA) is 59.9 Å². The van der Waals surface area contributed by atoms with Crippen LogP contribution in [0.25, 0.3) is 0 Å². The van der Waals surface area contributed by atoms with Gasteiger partial charge in [-0.1, -0.05) is 19.3 Å². The van der Waals surface area contributed by atoms with Crippen LogP contribution in [-0.2, 0) is 4.74 Å². The maximum absolute atomic E-state index is 5.77. The first-order valence-corrected chi connectivity index (χ1v) is 6.92. The van der Waals surface area contributed by atoms with Crippen LogP contribution in [0, 0.1) is 0 Å². The molecule has 1 saturated carbocycles. The molecule has 100 valence electrons. The van der Waals surface area contributed by atoms with Gasteiger partial charge >= 0.3 is 0 Å². The molecule has 2 rings (SSSR count). The minimum atomic E-state index is 0.0886. The second-order valence-electron chi connectivity index (χ2n) is 4.25. The molecule has 7 heteroatoms. The smallest absolute Gasteiger partial charge is 0.228 e. The second kappa shape index (κ2) is 7.07. The van der Waals surface area contributed by atoms with Crippen LogP contribution in [0.1, 0.15) is 32.1 Å². The lowest BCUT2D eigenvalue weighted by molar-refractivity contribution is 0.0347. The van der Waals surface area contributed by atoms with Crippen molar-refractivity contribution in [3.05, 3.63) is 10.6 Å². The van der Waals surface area contributed by atoms with Gasteiger partial charge in [0, 0.05) is 6.54 Å². The summed E-state index contributed by atoms with van der Waals surface area (Å²) in [4.78, 5) is 11.5. The molecule has 0 saturated heterocycles. The number of ether oxygens (including phenoxy) is 1. The van der Waals surface area contributed by atoms with Gasteiger partial charge in [-0.25, -0.2) is 0 Å². The van der Waals surface area contributed by atoms with E-state index < -0.39 is 0 Å². The number of rotatable bonds is 5. The Labute approximate surface area is 116 Å². The fraction of sp³-hybridized carbons (Fsp3) is 0.727. The van der Waals surface area contributed by atoms with Gasteiger partial charge in [0.1, 0.15) is 0 Å². The van der Waals surface area contributed by atoms with Gasteiger partial charge in [0.2, 0.25) is 16.5 Å². The molecule has 1 fully saturated rings. The third-order valence-electron chi connectivity index (χ3n) is 2.87. The predicted molar refractivity (Wildman–Crippen MR) is 71.2 cm³/mol. The minimum absolute atomic E-state index is 0.0886. The number of hydrogen-bond donors (Lipinski definition) is 1. The molecule has 0 atom stereocenters. The van der Waals surface area contributed by atoms with E-state index in [2.05, 4.69) is 20.3 Å². The van der Waals surface area contributed by atoms with Crippen LogP contribution in [-0.4, -0.2) is 34.2 Å². The zero-order chi connectivity index (χ0) is 12.8. The minimum Gasteiger partial charge on any atom is -0.376 e. The Hall–Kier alpha value is -0.650. The average molecular weight is 291 g/mol. The second-order valence-corrected chi connectivity index (χ2v) is 4.93. The molecular formula is C11H16Cl2N4O. The molecule has 0 amide bonds. The fourth-order valence-corrected chi connectivity index (χ4v) is 2.39. The Kier molecular flexibility index (Phi) is 5.41. The lowest BCUT2D eigenvalue weighted by Crippen LogP contribution is -2.21. The molecule has 0 aliphatic heterocycles. The van der Waals surface area contributed by atoms with Crippen molar-refractivity contribution in [3.8, 4) is 0 Å². The Bertz CT molecular complexity index is 365. The quantitative estimate of drug-likeness (QED) is 0.845. The molecule has 1 aliphatic carbocycles. The summed E-state index contributed by atoms with van der Waals surface area (Å²) in [5, 5.41) is 3.19. The maximum atomic E-state index is 5.77. The normalized spacial score (nSPS) is 16.8. The summed E-state index contributed by atoms with van der Waals surface area (Å²) in [5.74, 6) is 0.382. The van der Waals surface area contributed by atoms with Gasteiger partial charge in [0.25, 0.3) is 0 Å². The van der Waals surface area contributed by atoms with Crippen molar-refractivity contribution >= 4 is 29.2 Å². The first-order chi connectivity index (χ1) is 8.74. The molecule has 0 unspecified atom stereocenters. The summed E-state index contributed by atoms with van der Waals surface area (Å²) in [6.45, 7) is 1.26. The van der Waals surface area contributed by atoms with Crippen LogP contribution >= 0.6 is 23.2 Å². The average Bonchev–Trinajstić information content (AvgIpc) is 2.35. The van der Waals surface area contributed by atoms with Crippen molar-refractivity contribution < 1.29 is 4.74 Å². The summed E-state index contributed by atoms with van der Waals surface area (Å²) < 4.78 is 5.77. The SMILES string of the molecule is Clc1nc(Cl)nc(NCCOC2CCCCC2)n1. The van der Waals surface area contributed by atoms with E-state index >= 15 is 0 Å². The van der Waals surface area contributed by atoms with Crippen molar-refractivity contribution in [1.29, 1.82) is 0 Å². The highest BCUT2D eigenvalue weighted by Crippen LogP contribution is 2.20. The molecule has 1 aliphatic rings. The van der Waals surface area contributed by atoms with Crippen LogP contribution < -0.4 is 5.32 Å². The molecule has 18 heavy (non-hydrogen) atoms. The molecule has 0 radical (unpaired) electrons. The highest BCUT2D eigenvalue weighted by atomic mass is 35.5. The monoisotopic (exact) mass is 290 g/mol. The molecule has 1 aromatic heterocycles. The van der Waals surface area contributed by atoms with Crippen molar-refractivity contribution in [2.75, 3.05) is 18.5 Å². The number of hydrogen-bond acceptors (Lipinski definition) is 5. The molecule has 0 bridgehead atoms. The zero-order valence-corrected chi connectivity index (χ0v) is 11.5. The van der Waals surface area contributed by atoms with Crippen molar-refractivity contribution in [2.45, 2.75) is 38.2 Å². The molecule has 0 spiro atoms. The molecule has 1 heterocycles. The third-order valence-corrected chi connectivity index (χ3v) is 3.21. The summed E-state index contributed by atoms with van der Waals surface area (Å²) in [6, 6.07) is 0. The first-order valence-electron chi connectivity index (χ1n) is 6.16. The van der Waals surface area contributed by atoms with Crippen LogP contribution in [0.5, 0.6) is 0 Å². The van der Waals surface area contributed by atoms with E-state index in [9.17, 15) is 0 Å². The fourth-order valence-electron chi connectivity index (χ4n) is 2.03. The van der Waals surface area contributed by atoms with Crippen LogP contribution in [0.4, 0.5) is 5.95 Å². The number of anilines is 1. The van der Waals surface area contributed by atoms with Gasteiger partial charge in [-0.05, 0) is 36.0 Å². The van der Waals surface area contributed by atoms with Gasteiger partial charge < -0.3 is 10.1 Å². The molecule has 5 nitrogen and oxygen atoms in total. The zero-order valence-electron chi connectivity index (χ0n) is 10.0. The Morgan fingerprint density at radius 3 is 2.39 bits per heavy atom. The van der Waals surface area contributed by atoms with E-state index in [1.54, 1.807) is 0 Å². The largest absolute Gasteiger partial charge is 0.376 e. The highest BCUT2D eigenvalue weighted by molar-refractivity contribution is 6.31. The molecule has 1 N–H and O–H groups in total. The Balaban J connectivity index is 1.68. The predicted octanol–water partition coefficient (Wildman–Crippen LogP) is 2.94. The van der Waals surface area contributed by atoms with E-state index in [4.69, 9.17) is 27.9 Å². The third kappa shape index (κ3) is 4.55. The van der Waals surface area contributed by atoms with Crippen molar-refractivity contribution in [3.63, 3.8) is 0 Å². The van der Waals surface area contributed by atoms with Gasteiger partial charge in [-0.15, -0.1) is 0 Å². The highest BCUT2D eigenvalue weighted by Gasteiger charge is 2.13. The van der Waals surface area contributed by atoms with E-state index in [0.29, 0.717) is 25.2 Å². The van der Waals surface area contributed by atoms with E-state index in [-0.39, 0.29) is 10.6 Å². The molecular weight excluding hydrogens is 275 g/mol. The lowest BCUT2D eigenvalue weighted by Gasteiger charge is -2.21. The summed E-state index contributed by atoms with van der Waals surface area (Å²) in [5.41, 5.74) is 0. The van der Waals surface area contributed by atoms with Gasteiger partial charge in [-0.3, -0.25) is 0 Å². The number of nitrogens with one attached hydrogen (secondary N) is 1. The number of nitrogens with zero attached hydrogens (tertiary/aromatic N) is 3. The standard InChI is InChI=1S/C11H16Cl2N4O/c12-9-15-10(13)17-11(16-9)14-6-7-18-8-4-2-1-3-5-8/h8H,1-7H2,(H,14,15,16,17). The summed E-state index contributed by atoms with van der Waals surface area (Å²) in [6.07, 6.45) is 6.63. The Morgan fingerprint density at radius 1 is 1.06 bits per heavy atom. The van der Waals surface area contributed by atoms with E-state index in [1.165, 1.54) is 32.1 Å². The summed E-state index contributed by atoms with van der Waals surface area (Å²) >= 11 is 11.3. The maximum Gasteiger partial charge on any atom is 0.228 e. The number of halogens is 2. The van der Waals surface area contributed by atoms with Crippen molar-refractivity contribution in [1.82, 2.24) is 15.0 Å². The first kappa shape index (κ1) is 13.8. The number of aromatic nitrogens is 3. The van der Waals surface area contributed by atoms with E-state index in [0.717, 1.165) is 0 Å². The summed E-state index contributed by atoms with van der Waals surface area (Å²) in [7, 11) is 0. The van der Waals surface area contributed by atoms with Crippen LogP contribution in [0.15, 0.2) is 0 Å². The van der Waals surface area contributed by atoms with Gasteiger partial charge in [-0.2, -0.15) is 15.0 Å². The molecule has 0 aromatic carbocycles. The van der Waals surface area contributed by atoms with Crippen LogP contribution in [0.2, 0.25) is 10.6 Å². The van der Waals surface area contributed by atoms with E-state index in [1.807, 2.05) is 0 Å². The van der Waals surface area contributed by atoms with Gasteiger partial charge in [0.15, 0.2) is 0 Å². The van der Waals surface area contributed by atoms with Gasteiger partial charge in [0.05, 0.1) is 12.7 Å². The Morgan fingerprint density at radius 2 is 1.72 bits per heavy atom. The van der Waals surface area contributed by atoms with Crippen LogP contribution in [0.3, 0.4) is 0 Å². The van der Waals surface area contributed by atoms with Crippen molar-refractivity contribution in [2.24, 2.45) is 0 Å². The molecule has 1 aromatic rings. The lowest BCUT2D eigenvalue weighted by atomic mass is 9.98.